The highest BCUT2D eigenvalue weighted by molar-refractivity contribution is 5.91. The molecule has 0 aliphatic carbocycles. The van der Waals surface area contributed by atoms with Gasteiger partial charge in [0.2, 0.25) is 5.91 Å². The highest BCUT2D eigenvalue weighted by Crippen LogP contribution is 2.13. The van der Waals surface area contributed by atoms with Gasteiger partial charge in [0.15, 0.2) is 0 Å². The molecule has 86 valence electrons. The Morgan fingerprint density at radius 1 is 1.69 bits per heavy atom. The van der Waals surface area contributed by atoms with E-state index in [0.717, 1.165) is 6.42 Å². The van der Waals surface area contributed by atoms with Crippen LogP contribution in [0.1, 0.15) is 32.3 Å². The van der Waals surface area contributed by atoms with Crippen molar-refractivity contribution in [1.82, 2.24) is 9.78 Å². The molecule has 0 aliphatic rings. The fraction of sp³-hybridized carbons (Fsp3) is 0.545. The SMILES string of the molecule is CC(C)CCC(=O)Nc1c(C#N)cnn1C. The Labute approximate surface area is 95.1 Å². The standard InChI is InChI=1S/C11H16N4O/c1-8(2)4-5-10(16)14-11-9(6-12)7-13-15(11)3/h7-8H,4-5H2,1-3H3,(H,14,16). The Bertz CT molecular complexity index is 414. The van der Waals surface area contributed by atoms with Gasteiger partial charge in [0.1, 0.15) is 17.5 Å². The minimum atomic E-state index is -0.0752. The summed E-state index contributed by atoms with van der Waals surface area (Å²) >= 11 is 0. The number of amides is 1. The Morgan fingerprint density at radius 3 is 2.94 bits per heavy atom. The van der Waals surface area contributed by atoms with Gasteiger partial charge in [0.05, 0.1) is 6.20 Å². The van der Waals surface area contributed by atoms with Gasteiger partial charge in [-0.2, -0.15) is 10.4 Å². The van der Waals surface area contributed by atoms with Crippen LogP contribution in [0, 0.1) is 17.2 Å². The third-order valence-corrected chi connectivity index (χ3v) is 2.27. The van der Waals surface area contributed by atoms with Gasteiger partial charge >= 0.3 is 0 Å². The predicted molar refractivity (Wildman–Crippen MR) is 60.6 cm³/mol. The number of hydrogen-bond donors (Lipinski definition) is 1. The zero-order valence-electron chi connectivity index (χ0n) is 9.82. The lowest BCUT2D eigenvalue weighted by molar-refractivity contribution is -0.116. The van der Waals surface area contributed by atoms with Gasteiger partial charge in [0.25, 0.3) is 0 Å². The van der Waals surface area contributed by atoms with Gasteiger partial charge in [-0.15, -0.1) is 0 Å². The number of nitrogens with zero attached hydrogens (tertiary/aromatic N) is 3. The summed E-state index contributed by atoms with van der Waals surface area (Å²) in [6.07, 6.45) is 2.75. The first kappa shape index (κ1) is 12.2. The van der Waals surface area contributed by atoms with Crippen molar-refractivity contribution in [3.05, 3.63) is 11.8 Å². The first-order valence-electron chi connectivity index (χ1n) is 5.26. The number of aromatic nitrogens is 2. The molecule has 16 heavy (non-hydrogen) atoms. The molecule has 0 aliphatic heterocycles. The van der Waals surface area contributed by atoms with Crippen molar-refractivity contribution in [3.63, 3.8) is 0 Å². The largest absolute Gasteiger partial charge is 0.310 e. The normalized spacial score (nSPS) is 10.2. The number of nitrogens with one attached hydrogen (secondary N) is 1. The molecule has 0 atom stereocenters. The van der Waals surface area contributed by atoms with Crippen LogP contribution in [0.25, 0.3) is 0 Å². The van der Waals surface area contributed by atoms with Gasteiger partial charge < -0.3 is 5.32 Å². The molecule has 1 rings (SSSR count). The number of nitriles is 1. The maximum atomic E-state index is 11.6. The monoisotopic (exact) mass is 220 g/mol. The van der Waals surface area contributed by atoms with Crippen molar-refractivity contribution in [3.8, 4) is 6.07 Å². The molecule has 0 aromatic carbocycles. The minimum Gasteiger partial charge on any atom is -0.310 e. The molecule has 0 saturated heterocycles. The third-order valence-electron chi connectivity index (χ3n) is 2.27. The van der Waals surface area contributed by atoms with E-state index in [1.165, 1.54) is 10.9 Å². The van der Waals surface area contributed by atoms with Crippen LogP contribution in [-0.4, -0.2) is 15.7 Å². The summed E-state index contributed by atoms with van der Waals surface area (Å²) in [4.78, 5) is 11.6. The molecule has 0 fully saturated rings. The highest BCUT2D eigenvalue weighted by Gasteiger charge is 2.11. The summed E-state index contributed by atoms with van der Waals surface area (Å²) in [5, 5.41) is 15.4. The van der Waals surface area contributed by atoms with Crippen molar-refractivity contribution in [2.75, 3.05) is 5.32 Å². The Balaban J connectivity index is 2.63. The van der Waals surface area contributed by atoms with E-state index in [-0.39, 0.29) is 5.91 Å². The first-order valence-corrected chi connectivity index (χ1v) is 5.26. The van der Waals surface area contributed by atoms with Crippen molar-refractivity contribution in [1.29, 1.82) is 5.26 Å². The summed E-state index contributed by atoms with van der Waals surface area (Å²) < 4.78 is 1.49. The number of anilines is 1. The lowest BCUT2D eigenvalue weighted by atomic mass is 10.1. The Hall–Kier alpha value is -1.83. The van der Waals surface area contributed by atoms with E-state index < -0.39 is 0 Å². The van der Waals surface area contributed by atoms with E-state index in [0.29, 0.717) is 23.7 Å². The zero-order valence-corrected chi connectivity index (χ0v) is 9.82. The molecule has 0 spiro atoms. The minimum absolute atomic E-state index is 0.0752. The van der Waals surface area contributed by atoms with Gasteiger partial charge in [0, 0.05) is 13.5 Å². The fourth-order valence-electron chi connectivity index (χ4n) is 1.28. The topological polar surface area (TPSA) is 70.7 Å². The summed E-state index contributed by atoms with van der Waals surface area (Å²) in [5.41, 5.74) is 0.389. The second kappa shape index (κ2) is 5.31. The van der Waals surface area contributed by atoms with E-state index in [2.05, 4.69) is 24.3 Å². The molecule has 1 amide bonds. The molecule has 1 heterocycles. The van der Waals surface area contributed by atoms with Crippen LogP contribution in [-0.2, 0) is 11.8 Å². The van der Waals surface area contributed by atoms with Crippen LogP contribution >= 0.6 is 0 Å². The second-order valence-corrected chi connectivity index (χ2v) is 4.12. The van der Waals surface area contributed by atoms with E-state index in [9.17, 15) is 4.79 Å². The molecule has 5 heteroatoms. The lowest BCUT2D eigenvalue weighted by Gasteiger charge is -2.07. The van der Waals surface area contributed by atoms with Crippen LogP contribution in [0.15, 0.2) is 6.20 Å². The van der Waals surface area contributed by atoms with Crippen molar-refractivity contribution in [2.45, 2.75) is 26.7 Å². The summed E-state index contributed by atoms with van der Waals surface area (Å²) in [5.74, 6) is 0.887. The van der Waals surface area contributed by atoms with Gasteiger partial charge in [-0.25, -0.2) is 0 Å². The number of aryl methyl sites for hydroxylation is 1. The first-order chi connectivity index (χ1) is 7.54. The molecule has 1 N–H and O–H groups in total. The van der Waals surface area contributed by atoms with Crippen LogP contribution in [0.3, 0.4) is 0 Å². The second-order valence-electron chi connectivity index (χ2n) is 4.12. The van der Waals surface area contributed by atoms with Crippen LogP contribution in [0.4, 0.5) is 5.82 Å². The van der Waals surface area contributed by atoms with Gasteiger partial charge in [-0.05, 0) is 12.3 Å². The summed E-state index contributed by atoms with van der Waals surface area (Å²) in [6, 6.07) is 1.99. The summed E-state index contributed by atoms with van der Waals surface area (Å²) in [7, 11) is 1.69. The zero-order chi connectivity index (χ0) is 12.1. The quantitative estimate of drug-likeness (QED) is 0.838. The molecule has 5 nitrogen and oxygen atoms in total. The van der Waals surface area contributed by atoms with Crippen molar-refractivity contribution >= 4 is 11.7 Å². The van der Waals surface area contributed by atoms with Gasteiger partial charge in [-0.1, -0.05) is 13.8 Å². The van der Waals surface area contributed by atoms with Crippen molar-refractivity contribution < 1.29 is 4.79 Å². The molecular weight excluding hydrogens is 204 g/mol. The van der Waals surface area contributed by atoms with E-state index in [4.69, 9.17) is 5.26 Å². The lowest BCUT2D eigenvalue weighted by Crippen LogP contribution is -2.15. The number of hydrogen-bond acceptors (Lipinski definition) is 3. The summed E-state index contributed by atoms with van der Waals surface area (Å²) in [6.45, 7) is 4.14. The fourth-order valence-corrected chi connectivity index (χ4v) is 1.28. The number of rotatable bonds is 4. The van der Waals surface area contributed by atoms with Crippen LogP contribution in [0.2, 0.25) is 0 Å². The van der Waals surface area contributed by atoms with Crippen LogP contribution < -0.4 is 5.32 Å². The average molecular weight is 220 g/mol. The van der Waals surface area contributed by atoms with E-state index in [1.54, 1.807) is 7.05 Å². The van der Waals surface area contributed by atoms with Crippen LogP contribution in [0.5, 0.6) is 0 Å². The Kier molecular flexibility index (Phi) is 4.06. The maximum absolute atomic E-state index is 11.6. The highest BCUT2D eigenvalue weighted by atomic mass is 16.1. The molecular formula is C11H16N4O. The van der Waals surface area contributed by atoms with Gasteiger partial charge in [-0.3, -0.25) is 9.48 Å². The van der Waals surface area contributed by atoms with Crippen molar-refractivity contribution in [2.24, 2.45) is 13.0 Å². The molecule has 0 bridgehead atoms. The molecule has 0 radical (unpaired) electrons. The molecule has 0 unspecified atom stereocenters. The number of carbonyl (C=O) groups is 1. The van der Waals surface area contributed by atoms with E-state index in [1.807, 2.05) is 6.07 Å². The smallest absolute Gasteiger partial charge is 0.225 e. The molecule has 1 aromatic heterocycles. The molecule has 1 aromatic rings. The Morgan fingerprint density at radius 2 is 2.38 bits per heavy atom. The predicted octanol–water partition coefficient (Wildman–Crippen LogP) is 1.67. The number of carbonyl (C=O) groups excluding carboxylic acids is 1. The maximum Gasteiger partial charge on any atom is 0.225 e. The molecule has 0 saturated carbocycles. The third kappa shape index (κ3) is 3.09. The van der Waals surface area contributed by atoms with E-state index >= 15 is 0 Å². The average Bonchev–Trinajstić information content (AvgIpc) is 2.57.